The van der Waals surface area contributed by atoms with Crippen LogP contribution in [0.25, 0.3) is 0 Å². The molecule has 1 fully saturated rings. The Balaban J connectivity index is 2.07. The van der Waals surface area contributed by atoms with Crippen LogP contribution in [0.2, 0.25) is 0 Å². The fourth-order valence-corrected chi connectivity index (χ4v) is 3.14. The summed E-state index contributed by atoms with van der Waals surface area (Å²) in [5.41, 5.74) is 2.86. The zero-order valence-electron chi connectivity index (χ0n) is 9.53. The zero-order valence-corrected chi connectivity index (χ0v) is 9.53. The quantitative estimate of drug-likeness (QED) is 0.623. The van der Waals surface area contributed by atoms with Crippen LogP contribution >= 0.6 is 0 Å². The molecule has 0 aromatic heterocycles. The van der Waals surface area contributed by atoms with E-state index in [-0.39, 0.29) is 17.5 Å². The van der Waals surface area contributed by atoms with Gasteiger partial charge in [0.25, 0.3) is 0 Å². The maximum Gasteiger partial charge on any atom is 0.306 e. The smallest absolute Gasteiger partial charge is 0.306 e. The minimum Gasteiger partial charge on any atom is -0.461 e. The number of rotatable bonds is 0. The molecular formula is C14H16O2. The van der Waals surface area contributed by atoms with E-state index in [2.05, 4.69) is 31.2 Å². The summed E-state index contributed by atoms with van der Waals surface area (Å²) in [5, 5.41) is 0. The number of carbonyl (C=O) groups is 1. The van der Waals surface area contributed by atoms with Crippen molar-refractivity contribution in [3.63, 3.8) is 0 Å². The van der Waals surface area contributed by atoms with Crippen LogP contribution < -0.4 is 0 Å². The van der Waals surface area contributed by atoms with Gasteiger partial charge in [-0.3, -0.25) is 4.79 Å². The molecule has 1 aromatic rings. The molecule has 2 nitrogen and oxygen atoms in total. The average Bonchev–Trinajstić information content (AvgIpc) is 2.31. The maximum absolute atomic E-state index is 11.3. The third kappa shape index (κ3) is 1.29. The lowest BCUT2D eigenvalue weighted by Crippen LogP contribution is -2.47. The summed E-state index contributed by atoms with van der Waals surface area (Å²) < 4.78 is 5.51. The molecule has 2 atom stereocenters. The lowest BCUT2D eigenvalue weighted by atomic mass is 9.66. The summed E-state index contributed by atoms with van der Waals surface area (Å²) in [5.74, 6) is -0.0261. The second-order valence-corrected chi connectivity index (χ2v) is 5.09. The summed E-state index contributed by atoms with van der Waals surface area (Å²) >= 11 is 0. The number of benzene rings is 1. The number of carbonyl (C=O) groups excluding carboxylic acids is 1. The molecule has 2 heteroatoms. The van der Waals surface area contributed by atoms with Crippen molar-refractivity contribution in [1.29, 1.82) is 0 Å². The second-order valence-electron chi connectivity index (χ2n) is 5.09. The van der Waals surface area contributed by atoms with Crippen LogP contribution in [0.1, 0.15) is 37.3 Å². The second kappa shape index (κ2) is 3.34. The van der Waals surface area contributed by atoms with Gasteiger partial charge in [0.15, 0.2) is 0 Å². The van der Waals surface area contributed by atoms with Crippen molar-refractivity contribution in [1.82, 2.24) is 0 Å². The fourth-order valence-electron chi connectivity index (χ4n) is 3.14. The molecule has 0 amide bonds. The van der Waals surface area contributed by atoms with Crippen molar-refractivity contribution in [2.45, 2.75) is 44.1 Å². The summed E-state index contributed by atoms with van der Waals surface area (Å²) in [4.78, 5) is 11.3. The molecule has 0 N–H and O–H groups in total. The van der Waals surface area contributed by atoms with Gasteiger partial charge in [0.1, 0.15) is 6.10 Å². The molecule has 16 heavy (non-hydrogen) atoms. The molecule has 1 saturated heterocycles. The first-order valence-corrected chi connectivity index (χ1v) is 5.98. The van der Waals surface area contributed by atoms with Crippen LogP contribution in [-0.2, 0) is 21.4 Å². The molecule has 0 unspecified atom stereocenters. The van der Waals surface area contributed by atoms with Gasteiger partial charge >= 0.3 is 5.97 Å². The minimum absolute atomic E-state index is 0.0261. The first-order valence-electron chi connectivity index (χ1n) is 5.98. The molecule has 0 saturated carbocycles. The Morgan fingerprint density at radius 2 is 2.12 bits per heavy atom. The first-order chi connectivity index (χ1) is 7.70. The Morgan fingerprint density at radius 3 is 3.00 bits per heavy atom. The number of esters is 1. The van der Waals surface area contributed by atoms with E-state index in [1.165, 1.54) is 11.1 Å². The number of hydrogen-bond donors (Lipinski definition) is 0. The van der Waals surface area contributed by atoms with Crippen LogP contribution in [-0.4, -0.2) is 12.1 Å². The lowest BCUT2D eigenvalue weighted by Gasteiger charge is -2.45. The third-order valence-electron chi connectivity index (χ3n) is 4.14. The SMILES string of the molecule is C[C@]12CCC(=O)O[C@H]1CCc1ccccc12. The van der Waals surface area contributed by atoms with Gasteiger partial charge in [-0.25, -0.2) is 0 Å². The van der Waals surface area contributed by atoms with Crippen molar-refractivity contribution < 1.29 is 9.53 Å². The minimum atomic E-state index is -0.0261. The molecule has 1 aliphatic heterocycles. The topological polar surface area (TPSA) is 26.3 Å². The van der Waals surface area contributed by atoms with Crippen LogP contribution in [0.15, 0.2) is 24.3 Å². The molecule has 1 aliphatic carbocycles. The third-order valence-corrected chi connectivity index (χ3v) is 4.14. The highest BCUT2D eigenvalue weighted by atomic mass is 16.5. The van der Waals surface area contributed by atoms with Crippen LogP contribution in [0, 0.1) is 0 Å². The normalized spacial score (nSPS) is 32.6. The number of ether oxygens (including phenoxy) is 1. The molecule has 1 aromatic carbocycles. The monoisotopic (exact) mass is 216 g/mol. The number of hydrogen-bond acceptors (Lipinski definition) is 2. The number of fused-ring (bicyclic) bond motifs is 3. The Labute approximate surface area is 95.6 Å². The van der Waals surface area contributed by atoms with Gasteiger partial charge in [-0.15, -0.1) is 0 Å². The van der Waals surface area contributed by atoms with Crippen molar-refractivity contribution in [2.24, 2.45) is 0 Å². The lowest BCUT2D eigenvalue weighted by molar-refractivity contribution is -0.161. The summed E-state index contributed by atoms with van der Waals surface area (Å²) in [6.07, 6.45) is 3.57. The molecule has 84 valence electrons. The van der Waals surface area contributed by atoms with E-state index in [4.69, 9.17) is 4.74 Å². The van der Waals surface area contributed by atoms with Crippen LogP contribution in [0.3, 0.4) is 0 Å². The average molecular weight is 216 g/mol. The Morgan fingerprint density at radius 1 is 1.31 bits per heavy atom. The van der Waals surface area contributed by atoms with Crippen LogP contribution in [0.5, 0.6) is 0 Å². The van der Waals surface area contributed by atoms with Gasteiger partial charge in [0, 0.05) is 11.8 Å². The summed E-state index contributed by atoms with van der Waals surface area (Å²) in [6.45, 7) is 2.24. The van der Waals surface area contributed by atoms with Crippen molar-refractivity contribution in [3.8, 4) is 0 Å². The van der Waals surface area contributed by atoms with E-state index in [0.717, 1.165) is 19.3 Å². The van der Waals surface area contributed by atoms with E-state index >= 15 is 0 Å². The Bertz CT molecular complexity index is 438. The van der Waals surface area contributed by atoms with Gasteiger partial charge < -0.3 is 4.74 Å². The van der Waals surface area contributed by atoms with Gasteiger partial charge in [0.2, 0.25) is 0 Å². The van der Waals surface area contributed by atoms with E-state index in [1.54, 1.807) is 0 Å². The molecule has 0 bridgehead atoms. The largest absolute Gasteiger partial charge is 0.461 e. The van der Waals surface area contributed by atoms with Gasteiger partial charge in [-0.05, 0) is 30.4 Å². The van der Waals surface area contributed by atoms with Crippen molar-refractivity contribution >= 4 is 5.97 Å². The summed E-state index contributed by atoms with van der Waals surface area (Å²) in [7, 11) is 0. The van der Waals surface area contributed by atoms with E-state index < -0.39 is 0 Å². The number of aryl methyl sites for hydroxylation is 1. The molecule has 1 heterocycles. The Hall–Kier alpha value is -1.31. The maximum atomic E-state index is 11.3. The standard InChI is InChI=1S/C14H16O2/c1-14-9-8-13(15)16-12(14)7-6-10-4-2-3-5-11(10)14/h2-5,12H,6-9H2,1H3/t12-,14+/m0/s1. The van der Waals surface area contributed by atoms with Crippen molar-refractivity contribution in [2.75, 3.05) is 0 Å². The molecular weight excluding hydrogens is 200 g/mol. The zero-order chi connectivity index (χ0) is 11.2. The highest BCUT2D eigenvalue weighted by Crippen LogP contribution is 2.44. The summed E-state index contributed by atoms with van der Waals surface area (Å²) in [6, 6.07) is 8.58. The van der Waals surface area contributed by atoms with Gasteiger partial charge in [-0.1, -0.05) is 31.2 Å². The van der Waals surface area contributed by atoms with E-state index in [0.29, 0.717) is 6.42 Å². The van der Waals surface area contributed by atoms with E-state index in [9.17, 15) is 4.79 Å². The fraction of sp³-hybridized carbons (Fsp3) is 0.500. The first kappa shape index (κ1) is 9.88. The predicted octanol–water partition coefficient (Wildman–Crippen LogP) is 2.60. The molecule has 3 rings (SSSR count). The van der Waals surface area contributed by atoms with Gasteiger partial charge in [-0.2, -0.15) is 0 Å². The molecule has 0 radical (unpaired) electrons. The van der Waals surface area contributed by atoms with E-state index in [1.807, 2.05) is 0 Å². The van der Waals surface area contributed by atoms with Crippen LogP contribution in [0.4, 0.5) is 0 Å². The Kier molecular flexibility index (Phi) is 2.06. The van der Waals surface area contributed by atoms with Gasteiger partial charge in [0.05, 0.1) is 0 Å². The highest BCUT2D eigenvalue weighted by molar-refractivity contribution is 5.71. The van der Waals surface area contributed by atoms with Crippen molar-refractivity contribution in [3.05, 3.63) is 35.4 Å². The molecule has 2 aliphatic rings. The molecule has 0 spiro atoms. The highest BCUT2D eigenvalue weighted by Gasteiger charge is 2.45. The predicted molar refractivity (Wildman–Crippen MR) is 61.2 cm³/mol.